The first kappa shape index (κ1) is 23.1. The third-order valence-electron chi connectivity index (χ3n) is 5.13. The third-order valence-corrected chi connectivity index (χ3v) is 5.13. The topological polar surface area (TPSA) is 136 Å². The first-order chi connectivity index (χ1) is 16.7. The van der Waals surface area contributed by atoms with Crippen LogP contribution in [0.5, 0.6) is 5.75 Å². The first-order valence-electron chi connectivity index (χ1n) is 10.3. The Labute approximate surface area is 198 Å². The second-order valence-electron chi connectivity index (χ2n) is 7.52. The summed E-state index contributed by atoms with van der Waals surface area (Å²) in [5, 5.41) is 12.9. The van der Waals surface area contributed by atoms with Crippen LogP contribution >= 0.6 is 0 Å². The average Bonchev–Trinajstić information content (AvgIpc) is 2.83. The number of nitro groups is 1. The number of anilines is 1. The second-order valence-corrected chi connectivity index (χ2v) is 7.52. The summed E-state index contributed by atoms with van der Waals surface area (Å²) in [6, 6.07) is 16.8. The van der Waals surface area contributed by atoms with E-state index in [0.717, 1.165) is 10.5 Å². The normalized spacial score (nSPS) is 14.6. The Bertz CT molecular complexity index is 1390. The number of amides is 4. The molecule has 0 bridgehead atoms. The van der Waals surface area contributed by atoms with E-state index in [9.17, 15) is 29.3 Å². The number of benzene rings is 3. The van der Waals surface area contributed by atoms with Crippen LogP contribution in [0.1, 0.15) is 21.5 Å². The summed E-state index contributed by atoms with van der Waals surface area (Å²) in [7, 11) is 0. The Morgan fingerprint density at radius 1 is 0.971 bits per heavy atom. The van der Waals surface area contributed by atoms with Gasteiger partial charge in [-0.25, -0.2) is 14.5 Å². The lowest BCUT2D eigenvalue weighted by atomic mass is 10.1. The lowest BCUT2D eigenvalue weighted by Gasteiger charge is -2.26. The summed E-state index contributed by atoms with van der Waals surface area (Å²) in [4.78, 5) is 61.6. The fraction of sp³-hybridized carbons (Fsp3) is 0.0400. The first-order valence-corrected chi connectivity index (χ1v) is 10.3. The Balaban J connectivity index is 1.64. The smallest absolute Gasteiger partial charge is 0.343 e. The van der Waals surface area contributed by atoms with E-state index in [0.29, 0.717) is 0 Å². The highest BCUT2D eigenvalue weighted by Gasteiger charge is 2.37. The lowest BCUT2D eigenvalue weighted by Crippen LogP contribution is -2.54. The molecule has 3 aromatic rings. The molecule has 1 saturated heterocycles. The predicted molar refractivity (Wildman–Crippen MR) is 125 cm³/mol. The van der Waals surface area contributed by atoms with Gasteiger partial charge in [0.1, 0.15) is 11.3 Å². The maximum atomic E-state index is 13.1. The minimum Gasteiger partial charge on any atom is -0.422 e. The fourth-order valence-electron chi connectivity index (χ4n) is 3.31. The van der Waals surface area contributed by atoms with Gasteiger partial charge in [0.15, 0.2) is 0 Å². The second kappa shape index (κ2) is 9.40. The van der Waals surface area contributed by atoms with Gasteiger partial charge in [-0.05, 0) is 43.3 Å². The number of carbonyl (C=O) groups excluding carboxylic acids is 4. The van der Waals surface area contributed by atoms with Crippen molar-refractivity contribution in [3.05, 3.63) is 105 Å². The number of urea groups is 1. The maximum Gasteiger partial charge on any atom is 0.343 e. The molecule has 0 atom stereocenters. The Hall–Kier alpha value is -5.12. The fourth-order valence-corrected chi connectivity index (χ4v) is 3.31. The largest absolute Gasteiger partial charge is 0.422 e. The van der Waals surface area contributed by atoms with E-state index in [2.05, 4.69) is 5.32 Å². The van der Waals surface area contributed by atoms with Crippen molar-refractivity contribution < 1.29 is 28.8 Å². The van der Waals surface area contributed by atoms with Crippen LogP contribution in [-0.4, -0.2) is 28.7 Å². The molecule has 0 spiro atoms. The number of non-ortho nitro benzene ring substituents is 1. The molecule has 0 aliphatic carbocycles. The zero-order valence-corrected chi connectivity index (χ0v) is 18.3. The van der Waals surface area contributed by atoms with Crippen molar-refractivity contribution in [2.75, 3.05) is 4.90 Å². The van der Waals surface area contributed by atoms with Crippen molar-refractivity contribution in [3.63, 3.8) is 0 Å². The minimum atomic E-state index is -0.889. The van der Waals surface area contributed by atoms with Crippen LogP contribution in [0.2, 0.25) is 0 Å². The van der Waals surface area contributed by atoms with E-state index in [4.69, 9.17) is 4.74 Å². The van der Waals surface area contributed by atoms with Crippen LogP contribution in [-0.2, 0) is 9.59 Å². The molecule has 0 radical (unpaired) electrons. The molecule has 1 fully saturated rings. The van der Waals surface area contributed by atoms with Crippen LogP contribution in [0.3, 0.4) is 0 Å². The molecule has 10 nitrogen and oxygen atoms in total. The summed E-state index contributed by atoms with van der Waals surface area (Å²) in [6.45, 7) is 1.85. The molecule has 0 unspecified atom stereocenters. The molecule has 1 aliphatic rings. The molecular formula is C25H17N3O7. The SMILES string of the molecule is Cc1ccc(N2C(=O)NC(=O)/C(=C/c3ccccc3OC(=O)c3ccc([N+](=O)[O-])cc3)C2=O)cc1. The van der Waals surface area contributed by atoms with Gasteiger partial charge in [-0.2, -0.15) is 0 Å². The average molecular weight is 471 g/mol. The molecular weight excluding hydrogens is 454 g/mol. The summed E-state index contributed by atoms with van der Waals surface area (Å²) in [5.41, 5.74) is 1.01. The maximum absolute atomic E-state index is 13.1. The molecule has 1 heterocycles. The van der Waals surface area contributed by atoms with Crippen molar-refractivity contribution in [3.8, 4) is 5.75 Å². The highest BCUT2D eigenvalue weighted by molar-refractivity contribution is 6.39. The summed E-state index contributed by atoms with van der Waals surface area (Å²) in [6.07, 6.45) is 1.23. The summed E-state index contributed by atoms with van der Waals surface area (Å²) < 4.78 is 5.41. The quantitative estimate of drug-likeness (QED) is 0.149. The van der Waals surface area contributed by atoms with Crippen LogP contribution in [0.4, 0.5) is 16.2 Å². The van der Waals surface area contributed by atoms with Gasteiger partial charge in [-0.15, -0.1) is 0 Å². The Morgan fingerprint density at radius 3 is 2.29 bits per heavy atom. The molecule has 3 aromatic carbocycles. The summed E-state index contributed by atoms with van der Waals surface area (Å²) in [5.74, 6) is -2.47. The number of hydrogen-bond acceptors (Lipinski definition) is 7. The number of aryl methyl sites for hydroxylation is 1. The number of nitro benzene ring substituents is 1. The molecule has 35 heavy (non-hydrogen) atoms. The van der Waals surface area contributed by atoms with E-state index < -0.39 is 28.7 Å². The molecule has 4 amide bonds. The number of nitrogens with zero attached hydrogens (tertiary/aromatic N) is 2. The van der Waals surface area contributed by atoms with Crippen LogP contribution in [0, 0.1) is 17.0 Å². The Kier molecular flexibility index (Phi) is 6.19. The molecule has 174 valence electrons. The highest BCUT2D eigenvalue weighted by Crippen LogP contribution is 2.26. The van der Waals surface area contributed by atoms with Gasteiger partial charge in [-0.3, -0.25) is 25.0 Å². The molecule has 1 aliphatic heterocycles. The standard InChI is InChI=1S/C25H17N3O7/c1-15-6-10-18(11-7-15)27-23(30)20(22(29)26-25(27)32)14-17-4-2-3-5-21(17)35-24(31)16-8-12-19(13-9-16)28(33)34/h2-14H,1H3,(H,26,29,32)/b20-14-. The van der Waals surface area contributed by atoms with E-state index >= 15 is 0 Å². The lowest BCUT2D eigenvalue weighted by molar-refractivity contribution is -0.384. The predicted octanol–water partition coefficient (Wildman–Crippen LogP) is 3.79. The zero-order valence-electron chi connectivity index (χ0n) is 18.3. The molecule has 4 rings (SSSR count). The van der Waals surface area contributed by atoms with E-state index in [1.54, 1.807) is 36.4 Å². The zero-order chi connectivity index (χ0) is 25.1. The number of hydrogen-bond donors (Lipinski definition) is 1. The summed E-state index contributed by atoms with van der Waals surface area (Å²) >= 11 is 0. The van der Waals surface area contributed by atoms with Gasteiger partial charge >= 0.3 is 12.0 Å². The number of rotatable bonds is 5. The van der Waals surface area contributed by atoms with Crippen LogP contribution in [0.25, 0.3) is 6.08 Å². The number of nitrogens with one attached hydrogen (secondary N) is 1. The number of imide groups is 2. The van der Waals surface area contributed by atoms with Crippen molar-refractivity contribution in [1.82, 2.24) is 5.32 Å². The van der Waals surface area contributed by atoms with Gasteiger partial charge in [0.05, 0.1) is 16.2 Å². The highest BCUT2D eigenvalue weighted by atomic mass is 16.6. The van der Waals surface area contributed by atoms with Crippen molar-refractivity contribution >= 4 is 41.3 Å². The van der Waals surface area contributed by atoms with E-state index in [-0.39, 0.29) is 33.8 Å². The van der Waals surface area contributed by atoms with Crippen molar-refractivity contribution in [2.45, 2.75) is 6.92 Å². The monoisotopic (exact) mass is 471 g/mol. The van der Waals surface area contributed by atoms with E-state index in [1.807, 2.05) is 6.92 Å². The van der Waals surface area contributed by atoms with Crippen LogP contribution < -0.4 is 15.0 Å². The van der Waals surface area contributed by atoms with Gasteiger partial charge in [0, 0.05) is 17.7 Å². The number of esters is 1. The van der Waals surface area contributed by atoms with Crippen molar-refractivity contribution in [1.29, 1.82) is 0 Å². The van der Waals surface area contributed by atoms with Crippen LogP contribution in [0.15, 0.2) is 78.4 Å². The van der Waals surface area contributed by atoms with Gasteiger partial charge < -0.3 is 4.74 Å². The van der Waals surface area contributed by atoms with Gasteiger partial charge in [0.2, 0.25) is 0 Å². The molecule has 10 heteroatoms. The van der Waals surface area contributed by atoms with Gasteiger partial charge in [-0.1, -0.05) is 35.9 Å². The number of carbonyl (C=O) groups is 4. The molecule has 1 N–H and O–H groups in total. The van der Waals surface area contributed by atoms with E-state index in [1.165, 1.54) is 42.5 Å². The molecule has 0 saturated carbocycles. The Morgan fingerprint density at radius 2 is 1.63 bits per heavy atom. The number of barbiturate groups is 1. The third kappa shape index (κ3) is 4.81. The number of ether oxygens (including phenoxy) is 1. The molecule has 0 aromatic heterocycles. The van der Waals surface area contributed by atoms with Gasteiger partial charge in [0.25, 0.3) is 17.5 Å². The number of para-hydroxylation sites is 1. The van der Waals surface area contributed by atoms with Crippen molar-refractivity contribution in [2.24, 2.45) is 0 Å². The minimum absolute atomic E-state index is 0.0442.